The van der Waals surface area contributed by atoms with Gasteiger partial charge in [-0.2, -0.15) is 0 Å². The fourth-order valence-electron chi connectivity index (χ4n) is 1.45. The van der Waals surface area contributed by atoms with Gasteiger partial charge in [0.2, 0.25) is 0 Å². The van der Waals surface area contributed by atoms with Gasteiger partial charge in [-0.15, -0.1) is 0 Å². The van der Waals surface area contributed by atoms with Crippen LogP contribution < -0.4 is 0 Å². The Kier molecular flexibility index (Phi) is 2.56. The number of aliphatic hydroxyl groups excluding tert-OH is 1. The van der Waals surface area contributed by atoms with E-state index in [9.17, 15) is 9.50 Å². The highest BCUT2D eigenvalue weighted by Crippen LogP contribution is 2.23. The minimum absolute atomic E-state index is 0.273. The van der Waals surface area contributed by atoms with E-state index >= 15 is 0 Å². The summed E-state index contributed by atoms with van der Waals surface area (Å²) in [7, 11) is 0. The molecule has 0 spiro atoms. The number of aryl methyl sites for hydroxylation is 1. The van der Waals surface area contributed by atoms with Crippen LogP contribution in [0.4, 0.5) is 4.39 Å². The van der Waals surface area contributed by atoms with Crippen LogP contribution in [0.3, 0.4) is 0 Å². The Bertz CT molecular complexity index is 449. The van der Waals surface area contributed by atoms with Gasteiger partial charge in [-0.1, -0.05) is 12.1 Å². The fourth-order valence-corrected chi connectivity index (χ4v) is 1.45. The summed E-state index contributed by atoms with van der Waals surface area (Å²) in [5.41, 5.74) is 1.14. The van der Waals surface area contributed by atoms with Crippen molar-refractivity contribution < 1.29 is 13.9 Å². The number of rotatable bonds is 2. The number of hydrogen-bond donors (Lipinski definition) is 1. The summed E-state index contributed by atoms with van der Waals surface area (Å²) in [6.45, 7) is 1.66. The van der Waals surface area contributed by atoms with Gasteiger partial charge in [0.05, 0.1) is 6.26 Å². The lowest BCUT2D eigenvalue weighted by Crippen LogP contribution is -1.99. The summed E-state index contributed by atoms with van der Waals surface area (Å²) in [6, 6.07) is 7.90. The molecule has 1 aromatic carbocycles. The third-order valence-electron chi connectivity index (χ3n) is 2.31. The van der Waals surface area contributed by atoms with Crippen LogP contribution in [-0.2, 0) is 0 Å². The second-order valence-electron chi connectivity index (χ2n) is 3.43. The number of hydrogen-bond acceptors (Lipinski definition) is 2. The highest BCUT2D eigenvalue weighted by atomic mass is 19.1. The minimum atomic E-state index is -0.834. The van der Waals surface area contributed by atoms with Crippen molar-refractivity contribution in [2.24, 2.45) is 0 Å². The van der Waals surface area contributed by atoms with Crippen LogP contribution in [0.25, 0.3) is 0 Å². The Morgan fingerprint density at radius 3 is 2.73 bits per heavy atom. The Morgan fingerprint density at radius 1 is 1.33 bits per heavy atom. The molecule has 3 heteroatoms. The normalized spacial score (nSPS) is 12.7. The molecule has 0 saturated heterocycles. The Balaban J connectivity index is 2.34. The highest BCUT2D eigenvalue weighted by Gasteiger charge is 2.13. The monoisotopic (exact) mass is 206 g/mol. The molecule has 1 atom stereocenters. The molecule has 0 bridgehead atoms. The molecule has 0 fully saturated rings. The first-order valence-corrected chi connectivity index (χ1v) is 4.66. The van der Waals surface area contributed by atoms with E-state index in [1.54, 1.807) is 31.2 Å². The van der Waals surface area contributed by atoms with Crippen LogP contribution in [0.2, 0.25) is 0 Å². The SMILES string of the molecule is Cc1cc(C(O)c2ccco2)ccc1F. The standard InChI is InChI=1S/C12H11FO2/c1-8-7-9(4-5-10(8)13)12(14)11-3-2-6-15-11/h2-7,12,14H,1H3. The summed E-state index contributed by atoms with van der Waals surface area (Å²) in [5, 5.41) is 9.88. The molecule has 2 aromatic rings. The van der Waals surface area contributed by atoms with Crippen molar-refractivity contribution >= 4 is 0 Å². The molecule has 1 aromatic heterocycles. The lowest BCUT2D eigenvalue weighted by molar-refractivity contribution is 0.189. The van der Waals surface area contributed by atoms with E-state index in [1.807, 2.05) is 0 Å². The molecule has 2 nitrogen and oxygen atoms in total. The number of halogens is 1. The Labute approximate surface area is 87.0 Å². The summed E-state index contributed by atoms with van der Waals surface area (Å²) in [4.78, 5) is 0. The summed E-state index contributed by atoms with van der Waals surface area (Å²) in [5.74, 6) is 0.186. The first-order chi connectivity index (χ1) is 7.18. The predicted octanol–water partition coefficient (Wildman–Crippen LogP) is 2.81. The molecule has 1 N–H and O–H groups in total. The van der Waals surface area contributed by atoms with Gasteiger partial charge in [0.15, 0.2) is 0 Å². The van der Waals surface area contributed by atoms with E-state index in [1.165, 1.54) is 12.3 Å². The van der Waals surface area contributed by atoms with Crippen LogP contribution in [0.5, 0.6) is 0 Å². The molecule has 2 rings (SSSR count). The second-order valence-corrected chi connectivity index (χ2v) is 3.43. The van der Waals surface area contributed by atoms with E-state index in [0.717, 1.165) is 0 Å². The van der Waals surface area contributed by atoms with Crippen LogP contribution in [-0.4, -0.2) is 5.11 Å². The van der Waals surface area contributed by atoms with Crippen LogP contribution in [0.15, 0.2) is 41.0 Å². The van der Waals surface area contributed by atoms with E-state index in [2.05, 4.69) is 0 Å². The zero-order valence-electron chi connectivity index (χ0n) is 8.27. The number of benzene rings is 1. The molecule has 0 amide bonds. The summed E-state index contributed by atoms with van der Waals surface area (Å²) in [6.07, 6.45) is 0.661. The third kappa shape index (κ3) is 1.92. The first kappa shape index (κ1) is 9.93. The van der Waals surface area contributed by atoms with Crippen LogP contribution in [0, 0.1) is 12.7 Å². The van der Waals surface area contributed by atoms with E-state index in [0.29, 0.717) is 16.9 Å². The van der Waals surface area contributed by atoms with Gasteiger partial charge in [0.25, 0.3) is 0 Å². The average molecular weight is 206 g/mol. The molecular formula is C12H11FO2. The predicted molar refractivity (Wildman–Crippen MR) is 53.9 cm³/mol. The fraction of sp³-hybridized carbons (Fsp3) is 0.167. The Hall–Kier alpha value is -1.61. The van der Waals surface area contributed by atoms with Crippen molar-refractivity contribution in [3.05, 3.63) is 59.3 Å². The van der Waals surface area contributed by atoms with Gasteiger partial charge in [-0.05, 0) is 36.2 Å². The third-order valence-corrected chi connectivity index (χ3v) is 2.31. The molecule has 0 radical (unpaired) electrons. The topological polar surface area (TPSA) is 33.4 Å². The second kappa shape index (κ2) is 3.87. The zero-order valence-corrected chi connectivity index (χ0v) is 8.27. The van der Waals surface area contributed by atoms with Gasteiger partial charge >= 0.3 is 0 Å². The molecule has 78 valence electrons. The van der Waals surface area contributed by atoms with Crippen molar-refractivity contribution in [2.75, 3.05) is 0 Å². The van der Waals surface area contributed by atoms with Crippen LogP contribution >= 0.6 is 0 Å². The van der Waals surface area contributed by atoms with Crippen molar-refractivity contribution in [3.63, 3.8) is 0 Å². The smallest absolute Gasteiger partial charge is 0.137 e. The van der Waals surface area contributed by atoms with Gasteiger partial charge in [0.1, 0.15) is 17.7 Å². The van der Waals surface area contributed by atoms with E-state index in [-0.39, 0.29) is 5.82 Å². The summed E-state index contributed by atoms with van der Waals surface area (Å²) >= 11 is 0. The molecular weight excluding hydrogens is 195 g/mol. The maximum absolute atomic E-state index is 13.0. The van der Waals surface area contributed by atoms with Crippen molar-refractivity contribution in [2.45, 2.75) is 13.0 Å². The number of furan rings is 1. The lowest BCUT2D eigenvalue weighted by atomic mass is 10.0. The van der Waals surface area contributed by atoms with Gasteiger partial charge < -0.3 is 9.52 Å². The molecule has 0 aliphatic rings. The average Bonchev–Trinajstić information content (AvgIpc) is 2.74. The molecule has 15 heavy (non-hydrogen) atoms. The molecule has 1 unspecified atom stereocenters. The van der Waals surface area contributed by atoms with Gasteiger partial charge in [-0.25, -0.2) is 4.39 Å². The Morgan fingerprint density at radius 2 is 2.13 bits per heavy atom. The maximum atomic E-state index is 13.0. The van der Waals surface area contributed by atoms with Gasteiger partial charge in [-0.3, -0.25) is 0 Å². The van der Waals surface area contributed by atoms with E-state index in [4.69, 9.17) is 4.42 Å². The number of aliphatic hydroxyl groups is 1. The molecule has 1 heterocycles. The molecule has 0 aliphatic carbocycles. The largest absolute Gasteiger partial charge is 0.466 e. The van der Waals surface area contributed by atoms with E-state index < -0.39 is 6.10 Å². The highest BCUT2D eigenvalue weighted by molar-refractivity contribution is 5.29. The van der Waals surface area contributed by atoms with Crippen molar-refractivity contribution in [1.82, 2.24) is 0 Å². The molecule has 0 aliphatic heterocycles. The molecule has 0 saturated carbocycles. The van der Waals surface area contributed by atoms with Gasteiger partial charge in [0, 0.05) is 0 Å². The zero-order chi connectivity index (χ0) is 10.8. The maximum Gasteiger partial charge on any atom is 0.137 e. The van der Waals surface area contributed by atoms with Crippen molar-refractivity contribution in [1.29, 1.82) is 0 Å². The lowest BCUT2D eigenvalue weighted by Gasteiger charge is -2.09. The van der Waals surface area contributed by atoms with Crippen molar-refractivity contribution in [3.8, 4) is 0 Å². The summed E-state index contributed by atoms with van der Waals surface area (Å²) < 4.78 is 18.1. The van der Waals surface area contributed by atoms with Crippen LogP contribution in [0.1, 0.15) is 23.0 Å². The first-order valence-electron chi connectivity index (χ1n) is 4.66. The minimum Gasteiger partial charge on any atom is -0.466 e. The quantitative estimate of drug-likeness (QED) is 0.819.